The summed E-state index contributed by atoms with van der Waals surface area (Å²) in [6, 6.07) is 13.0. The monoisotopic (exact) mass is 631 g/mol. The number of hydrogen-bond acceptors (Lipinski definition) is 5. The fraction of sp³-hybridized carbons (Fsp3) is 0.125. The molecular weight excluding hydrogens is 616 g/mol. The molecule has 2 N–H and O–H groups in total. The van der Waals surface area contributed by atoms with Gasteiger partial charge in [-0.2, -0.15) is 5.10 Å². The van der Waals surface area contributed by atoms with Crippen molar-refractivity contribution in [1.29, 1.82) is 0 Å². The minimum absolute atomic E-state index is 0.117. The van der Waals surface area contributed by atoms with Crippen molar-refractivity contribution in [1.82, 2.24) is 5.43 Å². The minimum Gasteiger partial charge on any atom is -0.490 e. The lowest BCUT2D eigenvalue weighted by Crippen LogP contribution is -2.32. The second kappa shape index (κ2) is 13.2. The van der Waals surface area contributed by atoms with Gasteiger partial charge in [0.15, 0.2) is 11.5 Å². The van der Waals surface area contributed by atoms with E-state index < -0.39 is 11.8 Å². The van der Waals surface area contributed by atoms with Gasteiger partial charge in [0.05, 0.1) is 28.0 Å². The number of amides is 2. The Morgan fingerprint density at radius 2 is 1.69 bits per heavy atom. The highest BCUT2D eigenvalue weighted by Gasteiger charge is 2.16. The Morgan fingerprint density at radius 3 is 2.39 bits per heavy atom. The van der Waals surface area contributed by atoms with Crippen LogP contribution < -0.4 is 20.2 Å². The first-order chi connectivity index (χ1) is 17.2. The highest BCUT2D eigenvalue weighted by molar-refractivity contribution is 9.10. The zero-order chi connectivity index (χ0) is 26.2. The van der Waals surface area contributed by atoms with Crippen molar-refractivity contribution in [2.75, 3.05) is 11.9 Å². The first-order valence-corrected chi connectivity index (χ1v) is 12.6. The van der Waals surface area contributed by atoms with Crippen LogP contribution in [0.4, 0.5) is 5.69 Å². The second-order valence-corrected chi connectivity index (χ2v) is 9.54. The van der Waals surface area contributed by atoms with Gasteiger partial charge in [-0.25, -0.2) is 5.43 Å². The van der Waals surface area contributed by atoms with Crippen LogP contribution in [-0.4, -0.2) is 24.6 Å². The zero-order valence-electron chi connectivity index (χ0n) is 18.6. The first-order valence-electron chi connectivity index (χ1n) is 10.3. The molecule has 36 heavy (non-hydrogen) atoms. The van der Waals surface area contributed by atoms with Gasteiger partial charge in [0.2, 0.25) is 0 Å². The van der Waals surface area contributed by atoms with E-state index in [4.69, 9.17) is 55.9 Å². The predicted octanol–water partition coefficient (Wildman–Crippen LogP) is 7.13. The third kappa shape index (κ3) is 7.51. The van der Waals surface area contributed by atoms with E-state index in [1.165, 1.54) is 18.3 Å². The summed E-state index contributed by atoms with van der Waals surface area (Å²) in [6.07, 6.45) is 1.35. The summed E-state index contributed by atoms with van der Waals surface area (Å²) in [4.78, 5) is 24.2. The van der Waals surface area contributed by atoms with Crippen LogP contribution in [0.1, 0.15) is 18.1 Å². The largest absolute Gasteiger partial charge is 0.490 e. The van der Waals surface area contributed by atoms with E-state index in [1.54, 1.807) is 36.4 Å². The molecular formula is C24H18BrCl4N3O4. The molecule has 0 saturated heterocycles. The van der Waals surface area contributed by atoms with Crippen LogP contribution in [0, 0.1) is 0 Å². The molecule has 0 radical (unpaired) electrons. The summed E-state index contributed by atoms with van der Waals surface area (Å²) in [6.45, 7) is 2.32. The molecule has 2 amide bonds. The molecule has 3 aromatic carbocycles. The third-order valence-corrected chi connectivity index (χ3v) is 6.38. The van der Waals surface area contributed by atoms with Gasteiger partial charge in [0.1, 0.15) is 6.61 Å². The van der Waals surface area contributed by atoms with Crippen molar-refractivity contribution >= 4 is 86.1 Å². The van der Waals surface area contributed by atoms with Crippen LogP contribution in [0.2, 0.25) is 20.1 Å². The quantitative estimate of drug-likeness (QED) is 0.157. The van der Waals surface area contributed by atoms with Crippen LogP contribution in [0.5, 0.6) is 11.5 Å². The van der Waals surface area contributed by atoms with Gasteiger partial charge in [-0.05, 0) is 70.9 Å². The lowest BCUT2D eigenvalue weighted by Gasteiger charge is -2.15. The van der Waals surface area contributed by atoms with Crippen molar-refractivity contribution in [2.45, 2.75) is 13.5 Å². The molecule has 3 rings (SSSR count). The number of anilines is 1. The number of halogens is 5. The zero-order valence-corrected chi connectivity index (χ0v) is 23.2. The van der Waals surface area contributed by atoms with Crippen molar-refractivity contribution in [2.24, 2.45) is 5.10 Å². The van der Waals surface area contributed by atoms with Crippen molar-refractivity contribution in [3.63, 3.8) is 0 Å². The summed E-state index contributed by atoms with van der Waals surface area (Å²) >= 11 is 27.8. The van der Waals surface area contributed by atoms with E-state index in [-0.39, 0.29) is 17.3 Å². The normalized spacial score (nSPS) is 10.8. The van der Waals surface area contributed by atoms with Gasteiger partial charge in [0.25, 0.3) is 0 Å². The predicted molar refractivity (Wildman–Crippen MR) is 147 cm³/mol. The molecule has 0 aromatic heterocycles. The van der Waals surface area contributed by atoms with E-state index in [9.17, 15) is 9.59 Å². The number of rotatable bonds is 8. The maximum Gasteiger partial charge on any atom is 0.329 e. The van der Waals surface area contributed by atoms with Crippen LogP contribution in [0.25, 0.3) is 0 Å². The number of hydrogen-bond donors (Lipinski definition) is 2. The van der Waals surface area contributed by atoms with Gasteiger partial charge >= 0.3 is 11.8 Å². The Hall–Kier alpha value is -2.49. The highest BCUT2D eigenvalue weighted by atomic mass is 79.9. The first kappa shape index (κ1) is 28.1. The Balaban J connectivity index is 1.69. The van der Waals surface area contributed by atoms with Crippen molar-refractivity contribution in [3.05, 3.63) is 84.2 Å². The molecule has 7 nitrogen and oxygen atoms in total. The molecule has 3 aromatic rings. The Labute approximate surface area is 235 Å². The van der Waals surface area contributed by atoms with Gasteiger partial charge in [-0.1, -0.05) is 52.5 Å². The van der Waals surface area contributed by atoms with Crippen LogP contribution in [0.15, 0.2) is 58.1 Å². The maximum atomic E-state index is 12.1. The number of benzene rings is 3. The third-order valence-electron chi connectivity index (χ3n) is 4.52. The van der Waals surface area contributed by atoms with Gasteiger partial charge < -0.3 is 14.8 Å². The number of nitrogens with zero attached hydrogens (tertiary/aromatic N) is 1. The van der Waals surface area contributed by atoms with E-state index in [1.807, 2.05) is 6.92 Å². The summed E-state index contributed by atoms with van der Waals surface area (Å²) in [5.41, 5.74) is 3.56. The van der Waals surface area contributed by atoms with Crippen LogP contribution >= 0.6 is 62.3 Å². The summed E-state index contributed by atoms with van der Waals surface area (Å²) < 4.78 is 12.2. The average molecular weight is 634 g/mol. The molecule has 0 atom stereocenters. The van der Waals surface area contributed by atoms with E-state index in [2.05, 4.69) is 31.8 Å². The summed E-state index contributed by atoms with van der Waals surface area (Å²) in [5.74, 6) is -1.10. The molecule has 12 heteroatoms. The molecule has 0 heterocycles. The standard InChI is InChI=1S/C24H18BrCl4N3O4/c1-2-35-21-9-13(8-16(25)22(21)36-12-15-17(27)4-3-5-18(15)28)11-30-32-24(34)23(33)31-20-10-14(26)6-7-19(20)29/h3-11H,2,12H2,1H3,(H,31,33)(H,32,34). The Bertz CT molecular complexity index is 1300. The van der Waals surface area contributed by atoms with Crippen LogP contribution in [-0.2, 0) is 16.2 Å². The van der Waals surface area contributed by atoms with Crippen molar-refractivity contribution < 1.29 is 19.1 Å². The van der Waals surface area contributed by atoms with E-state index in [0.717, 1.165) is 0 Å². The average Bonchev–Trinajstić information content (AvgIpc) is 2.82. The number of carbonyl (C=O) groups is 2. The van der Waals surface area contributed by atoms with Crippen LogP contribution in [0.3, 0.4) is 0 Å². The molecule has 0 bridgehead atoms. The maximum absolute atomic E-state index is 12.1. The van der Waals surface area contributed by atoms with Gasteiger partial charge in [0, 0.05) is 20.6 Å². The smallest absolute Gasteiger partial charge is 0.329 e. The molecule has 0 fully saturated rings. The van der Waals surface area contributed by atoms with E-state index in [0.29, 0.717) is 48.8 Å². The number of ether oxygens (including phenoxy) is 2. The highest BCUT2D eigenvalue weighted by Crippen LogP contribution is 2.38. The lowest BCUT2D eigenvalue weighted by molar-refractivity contribution is -0.136. The molecule has 0 aliphatic rings. The van der Waals surface area contributed by atoms with E-state index >= 15 is 0 Å². The topological polar surface area (TPSA) is 89.0 Å². The Kier molecular flexibility index (Phi) is 10.3. The molecule has 188 valence electrons. The molecule has 0 unspecified atom stereocenters. The minimum atomic E-state index is -0.997. The molecule has 0 saturated carbocycles. The summed E-state index contributed by atoms with van der Waals surface area (Å²) in [7, 11) is 0. The molecule has 0 spiro atoms. The molecule has 0 aliphatic heterocycles. The van der Waals surface area contributed by atoms with Gasteiger partial charge in [-0.3, -0.25) is 9.59 Å². The number of hydrazone groups is 1. The lowest BCUT2D eigenvalue weighted by atomic mass is 10.2. The van der Waals surface area contributed by atoms with Crippen molar-refractivity contribution in [3.8, 4) is 11.5 Å². The fourth-order valence-corrected chi connectivity index (χ4v) is 4.29. The van der Waals surface area contributed by atoms with Gasteiger partial charge in [-0.15, -0.1) is 0 Å². The molecule has 0 aliphatic carbocycles. The SMILES string of the molecule is CCOc1cc(C=NNC(=O)C(=O)Nc2cc(Cl)ccc2Cl)cc(Br)c1OCc1c(Cl)cccc1Cl. The second-order valence-electron chi connectivity index (χ2n) is 7.03. The number of carbonyl (C=O) groups excluding carboxylic acids is 2. The fourth-order valence-electron chi connectivity index (χ4n) is 2.87. The number of nitrogens with one attached hydrogen (secondary N) is 2. The summed E-state index contributed by atoms with van der Waals surface area (Å²) in [5, 5.41) is 7.76. The Morgan fingerprint density at radius 1 is 0.972 bits per heavy atom.